The summed E-state index contributed by atoms with van der Waals surface area (Å²) in [5, 5.41) is 5.91. The van der Waals surface area contributed by atoms with E-state index in [0.29, 0.717) is 6.54 Å². The SMILES string of the molecule is CCNC(=O)N(CC(N)=O)C1CCCNC1. The minimum Gasteiger partial charge on any atom is -0.368 e. The Morgan fingerprint density at radius 3 is 2.81 bits per heavy atom. The predicted molar refractivity (Wildman–Crippen MR) is 60.9 cm³/mol. The molecule has 0 radical (unpaired) electrons. The van der Waals surface area contributed by atoms with E-state index in [-0.39, 0.29) is 18.6 Å². The average molecular weight is 228 g/mol. The summed E-state index contributed by atoms with van der Waals surface area (Å²) in [6.07, 6.45) is 1.93. The Kier molecular flexibility index (Phi) is 5.04. The lowest BCUT2D eigenvalue weighted by molar-refractivity contribution is -0.119. The molecule has 1 aliphatic heterocycles. The Bertz CT molecular complexity index is 251. The second-order valence-electron chi connectivity index (χ2n) is 3.93. The zero-order valence-corrected chi connectivity index (χ0v) is 9.66. The Labute approximate surface area is 95.5 Å². The van der Waals surface area contributed by atoms with E-state index < -0.39 is 5.91 Å². The van der Waals surface area contributed by atoms with E-state index in [9.17, 15) is 9.59 Å². The molecule has 16 heavy (non-hydrogen) atoms. The number of amides is 3. The molecule has 4 N–H and O–H groups in total. The van der Waals surface area contributed by atoms with Crippen LogP contribution in [0.1, 0.15) is 19.8 Å². The molecule has 0 bridgehead atoms. The molecule has 6 heteroatoms. The maximum atomic E-state index is 11.8. The molecule has 6 nitrogen and oxygen atoms in total. The molecule has 0 saturated carbocycles. The van der Waals surface area contributed by atoms with Gasteiger partial charge in [0.15, 0.2) is 0 Å². The van der Waals surface area contributed by atoms with Crippen LogP contribution in [0.25, 0.3) is 0 Å². The van der Waals surface area contributed by atoms with Crippen molar-refractivity contribution in [1.82, 2.24) is 15.5 Å². The molecule has 1 saturated heterocycles. The van der Waals surface area contributed by atoms with Crippen LogP contribution >= 0.6 is 0 Å². The van der Waals surface area contributed by atoms with Crippen LogP contribution in [0, 0.1) is 0 Å². The number of hydrogen-bond donors (Lipinski definition) is 3. The standard InChI is InChI=1S/C10H20N4O2/c1-2-13-10(16)14(7-9(11)15)8-4-3-5-12-6-8/h8,12H,2-7H2,1H3,(H2,11,15)(H,13,16). The zero-order valence-electron chi connectivity index (χ0n) is 9.66. The molecule has 0 spiro atoms. The third-order valence-electron chi connectivity index (χ3n) is 2.63. The number of hydrogen-bond acceptors (Lipinski definition) is 3. The maximum Gasteiger partial charge on any atom is 0.318 e. The summed E-state index contributed by atoms with van der Waals surface area (Å²) in [6.45, 7) is 4.08. The largest absolute Gasteiger partial charge is 0.368 e. The normalized spacial score (nSPS) is 20.2. The van der Waals surface area contributed by atoms with E-state index in [1.807, 2.05) is 6.92 Å². The summed E-state index contributed by atoms with van der Waals surface area (Å²) in [7, 11) is 0. The number of rotatable bonds is 4. The fraction of sp³-hybridized carbons (Fsp3) is 0.800. The molecule has 0 aliphatic carbocycles. The second kappa shape index (κ2) is 6.32. The number of piperidine rings is 1. The highest BCUT2D eigenvalue weighted by Crippen LogP contribution is 2.10. The van der Waals surface area contributed by atoms with Gasteiger partial charge in [-0.3, -0.25) is 4.79 Å². The molecular weight excluding hydrogens is 208 g/mol. The summed E-state index contributed by atoms with van der Waals surface area (Å²) < 4.78 is 0. The zero-order chi connectivity index (χ0) is 12.0. The highest BCUT2D eigenvalue weighted by Gasteiger charge is 2.25. The summed E-state index contributed by atoms with van der Waals surface area (Å²) in [5.74, 6) is -0.475. The summed E-state index contributed by atoms with van der Waals surface area (Å²) in [5.41, 5.74) is 5.15. The van der Waals surface area contributed by atoms with Gasteiger partial charge in [0, 0.05) is 19.1 Å². The number of primary amides is 1. The van der Waals surface area contributed by atoms with Crippen LogP contribution < -0.4 is 16.4 Å². The lowest BCUT2D eigenvalue weighted by Gasteiger charge is -2.33. The highest BCUT2D eigenvalue weighted by molar-refractivity contribution is 5.83. The Balaban J connectivity index is 2.60. The summed E-state index contributed by atoms with van der Waals surface area (Å²) in [6, 6.07) is -0.150. The van der Waals surface area contributed by atoms with Crippen molar-refractivity contribution in [3.8, 4) is 0 Å². The first-order valence-corrected chi connectivity index (χ1v) is 5.68. The van der Waals surface area contributed by atoms with E-state index in [4.69, 9.17) is 5.73 Å². The van der Waals surface area contributed by atoms with Crippen molar-refractivity contribution in [2.24, 2.45) is 5.73 Å². The second-order valence-corrected chi connectivity index (χ2v) is 3.93. The van der Waals surface area contributed by atoms with Gasteiger partial charge in [0.05, 0.1) is 0 Å². The molecule has 0 aromatic heterocycles. The van der Waals surface area contributed by atoms with Crippen molar-refractivity contribution >= 4 is 11.9 Å². The van der Waals surface area contributed by atoms with Crippen LogP contribution in [0.3, 0.4) is 0 Å². The van der Waals surface area contributed by atoms with Crippen molar-refractivity contribution in [3.63, 3.8) is 0 Å². The molecule has 1 unspecified atom stereocenters. The Morgan fingerprint density at radius 1 is 1.56 bits per heavy atom. The fourth-order valence-corrected chi connectivity index (χ4v) is 1.89. The molecule has 1 aliphatic rings. The lowest BCUT2D eigenvalue weighted by Crippen LogP contribution is -2.54. The van der Waals surface area contributed by atoms with Gasteiger partial charge in [0.2, 0.25) is 5.91 Å². The van der Waals surface area contributed by atoms with Gasteiger partial charge in [-0.2, -0.15) is 0 Å². The minimum absolute atomic E-state index is 0.0157. The molecule has 1 rings (SSSR count). The van der Waals surface area contributed by atoms with Crippen molar-refractivity contribution in [1.29, 1.82) is 0 Å². The van der Waals surface area contributed by atoms with Crippen molar-refractivity contribution in [2.45, 2.75) is 25.8 Å². The van der Waals surface area contributed by atoms with Gasteiger partial charge < -0.3 is 21.3 Å². The monoisotopic (exact) mass is 228 g/mol. The van der Waals surface area contributed by atoms with Crippen molar-refractivity contribution in [3.05, 3.63) is 0 Å². The van der Waals surface area contributed by atoms with Gasteiger partial charge in [0.1, 0.15) is 6.54 Å². The molecule has 1 fully saturated rings. The van der Waals surface area contributed by atoms with Gasteiger partial charge in [-0.1, -0.05) is 0 Å². The van der Waals surface area contributed by atoms with E-state index in [1.165, 1.54) is 4.90 Å². The number of nitrogens with zero attached hydrogens (tertiary/aromatic N) is 1. The van der Waals surface area contributed by atoms with E-state index >= 15 is 0 Å². The van der Waals surface area contributed by atoms with E-state index in [0.717, 1.165) is 25.9 Å². The molecular formula is C10H20N4O2. The number of carbonyl (C=O) groups is 2. The summed E-state index contributed by atoms with van der Waals surface area (Å²) in [4.78, 5) is 24.2. The fourth-order valence-electron chi connectivity index (χ4n) is 1.89. The number of nitrogens with one attached hydrogen (secondary N) is 2. The molecule has 0 aromatic rings. The first kappa shape index (κ1) is 12.8. The molecule has 92 valence electrons. The first-order valence-electron chi connectivity index (χ1n) is 5.68. The Morgan fingerprint density at radius 2 is 2.31 bits per heavy atom. The van der Waals surface area contributed by atoms with Gasteiger partial charge in [0.25, 0.3) is 0 Å². The molecule has 1 atom stereocenters. The first-order chi connectivity index (χ1) is 7.65. The van der Waals surface area contributed by atoms with Gasteiger partial charge in [-0.05, 0) is 26.3 Å². The maximum absolute atomic E-state index is 11.8. The molecule has 0 aromatic carbocycles. The number of carbonyl (C=O) groups excluding carboxylic acids is 2. The van der Waals surface area contributed by atoms with Crippen LogP contribution in [0.2, 0.25) is 0 Å². The quantitative estimate of drug-likeness (QED) is 0.592. The third kappa shape index (κ3) is 3.69. The molecule has 3 amide bonds. The summed E-state index contributed by atoms with van der Waals surface area (Å²) >= 11 is 0. The lowest BCUT2D eigenvalue weighted by atomic mass is 10.1. The van der Waals surface area contributed by atoms with Crippen LogP contribution in [0.15, 0.2) is 0 Å². The highest BCUT2D eigenvalue weighted by atomic mass is 16.2. The third-order valence-corrected chi connectivity index (χ3v) is 2.63. The van der Waals surface area contributed by atoms with Crippen molar-refractivity contribution in [2.75, 3.05) is 26.2 Å². The van der Waals surface area contributed by atoms with E-state index in [1.54, 1.807) is 0 Å². The van der Waals surface area contributed by atoms with Gasteiger partial charge in [-0.25, -0.2) is 4.79 Å². The molecule has 1 heterocycles. The van der Waals surface area contributed by atoms with Crippen LogP contribution in [-0.2, 0) is 4.79 Å². The van der Waals surface area contributed by atoms with Crippen LogP contribution in [-0.4, -0.2) is 49.1 Å². The minimum atomic E-state index is -0.475. The van der Waals surface area contributed by atoms with Crippen LogP contribution in [0.4, 0.5) is 4.79 Å². The average Bonchev–Trinajstić information content (AvgIpc) is 2.27. The number of urea groups is 1. The van der Waals surface area contributed by atoms with Gasteiger partial charge >= 0.3 is 6.03 Å². The smallest absolute Gasteiger partial charge is 0.318 e. The number of nitrogens with two attached hydrogens (primary N) is 1. The van der Waals surface area contributed by atoms with Crippen LogP contribution in [0.5, 0.6) is 0 Å². The van der Waals surface area contributed by atoms with Crippen molar-refractivity contribution < 1.29 is 9.59 Å². The topological polar surface area (TPSA) is 87.5 Å². The van der Waals surface area contributed by atoms with Gasteiger partial charge in [-0.15, -0.1) is 0 Å². The van der Waals surface area contributed by atoms with E-state index in [2.05, 4.69) is 10.6 Å². The predicted octanol–water partition coefficient (Wildman–Crippen LogP) is -0.745. The Hall–Kier alpha value is -1.30.